The van der Waals surface area contributed by atoms with Crippen molar-refractivity contribution in [2.75, 3.05) is 40.3 Å². The van der Waals surface area contributed by atoms with Crippen LogP contribution in [0.5, 0.6) is 17.2 Å². The Labute approximate surface area is 176 Å². The fourth-order valence-electron chi connectivity index (χ4n) is 4.09. The van der Waals surface area contributed by atoms with Gasteiger partial charge >= 0.3 is 5.97 Å². The second-order valence-corrected chi connectivity index (χ2v) is 7.29. The fourth-order valence-corrected chi connectivity index (χ4v) is 4.09. The molecule has 2 heterocycles. The molecule has 2 aliphatic rings. The molecule has 2 aromatic rings. The van der Waals surface area contributed by atoms with Crippen molar-refractivity contribution in [2.45, 2.75) is 18.9 Å². The fraction of sp³-hybridized carbons (Fsp3) is 0.435. The van der Waals surface area contributed by atoms with E-state index in [9.17, 15) is 4.79 Å². The van der Waals surface area contributed by atoms with Crippen LogP contribution in [0.4, 0.5) is 0 Å². The zero-order valence-electron chi connectivity index (χ0n) is 17.3. The number of carbonyl (C=O) groups is 1. The van der Waals surface area contributed by atoms with Gasteiger partial charge in [0.25, 0.3) is 0 Å². The Kier molecular flexibility index (Phi) is 6.40. The normalized spacial score (nSPS) is 22.1. The summed E-state index contributed by atoms with van der Waals surface area (Å²) in [7, 11) is 1.64. The maximum Gasteiger partial charge on any atom is 0.311 e. The molecule has 0 aromatic heterocycles. The summed E-state index contributed by atoms with van der Waals surface area (Å²) < 4.78 is 27.0. The molecule has 7 heteroatoms. The van der Waals surface area contributed by atoms with Crippen molar-refractivity contribution >= 4 is 5.97 Å². The van der Waals surface area contributed by atoms with Gasteiger partial charge < -0.3 is 29.0 Å². The van der Waals surface area contributed by atoms with Gasteiger partial charge in [-0.15, -0.1) is 0 Å². The molecule has 0 aliphatic carbocycles. The Morgan fingerprint density at radius 1 is 1.07 bits per heavy atom. The molecule has 1 fully saturated rings. The maximum atomic E-state index is 12.9. The number of rotatable bonds is 8. The van der Waals surface area contributed by atoms with Crippen LogP contribution in [0.1, 0.15) is 30.0 Å². The Morgan fingerprint density at radius 2 is 1.83 bits per heavy atom. The smallest absolute Gasteiger partial charge is 0.311 e. The number of fused-ring (bicyclic) bond motifs is 1. The first-order valence-electron chi connectivity index (χ1n) is 10.2. The summed E-state index contributed by atoms with van der Waals surface area (Å²) in [5.74, 6) is 1.66. The third-order valence-electron chi connectivity index (χ3n) is 5.53. The number of hydrogen-bond acceptors (Lipinski definition) is 7. The van der Waals surface area contributed by atoms with Gasteiger partial charge in [-0.05, 0) is 42.3 Å². The molecule has 0 spiro atoms. The van der Waals surface area contributed by atoms with Crippen molar-refractivity contribution in [1.29, 1.82) is 0 Å². The lowest BCUT2D eigenvalue weighted by atomic mass is 9.83. The minimum Gasteiger partial charge on any atom is -0.491 e. The molecule has 4 rings (SSSR count). The van der Waals surface area contributed by atoms with E-state index in [1.54, 1.807) is 7.11 Å². The van der Waals surface area contributed by atoms with Gasteiger partial charge in [0.15, 0.2) is 11.5 Å². The van der Waals surface area contributed by atoms with Gasteiger partial charge in [-0.1, -0.05) is 18.2 Å². The standard InChI is InChI=1S/C23H27NO6/c1-3-27-23(25)21-18(16-6-9-19-20(12-16)30-14-29-19)13-24-22(21)15-4-7-17(8-5-15)28-11-10-26-2/h4-9,12,18,21-22,24H,3,10-11,13-14H2,1-2H3/t18-,21+,22+/m1/s1. The van der Waals surface area contributed by atoms with Gasteiger partial charge in [0.05, 0.1) is 19.1 Å². The molecule has 1 saturated heterocycles. The maximum absolute atomic E-state index is 12.9. The summed E-state index contributed by atoms with van der Waals surface area (Å²) in [4.78, 5) is 12.9. The van der Waals surface area contributed by atoms with E-state index in [0.717, 1.165) is 28.4 Å². The molecular weight excluding hydrogens is 386 g/mol. The van der Waals surface area contributed by atoms with E-state index in [1.807, 2.05) is 49.4 Å². The lowest BCUT2D eigenvalue weighted by Crippen LogP contribution is -2.27. The summed E-state index contributed by atoms with van der Waals surface area (Å²) in [5.41, 5.74) is 2.06. The Morgan fingerprint density at radius 3 is 2.60 bits per heavy atom. The number of methoxy groups -OCH3 is 1. The van der Waals surface area contributed by atoms with E-state index in [1.165, 1.54) is 0 Å². The highest BCUT2D eigenvalue weighted by Gasteiger charge is 2.43. The number of nitrogens with one attached hydrogen (secondary N) is 1. The van der Waals surface area contributed by atoms with Gasteiger partial charge in [-0.2, -0.15) is 0 Å². The molecule has 1 N–H and O–H groups in total. The van der Waals surface area contributed by atoms with Crippen LogP contribution in [0, 0.1) is 5.92 Å². The van der Waals surface area contributed by atoms with E-state index in [0.29, 0.717) is 26.4 Å². The van der Waals surface area contributed by atoms with Crippen LogP contribution >= 0.6 is 0 Å². The van der Waals surface area contributed by atoms with Crippen LogP contribution in [-0.2, 0) is 14.3 Å². The Balaban J connectivity index is 1.56. The van der Waals surface area contributed by atoms with Crippen molar-refractivity contribution in [3.05, 3.63) is 53.6 Å². The van der Waals surface area contributed by atoms with E-state index < -0.39 is 0 Å². The topological polar surface area (TPSA) is 75.3 Å². The van der Waals surface area contributed by atoms with Gasteiger partial charge in [0.1, 0.15) is 12.4 Å². The number of carbonyl (C=O) groups excluding carboxylic acids is 1. The summed E-state index contributed by atoms with van der Waals surface area (Å²) in [5, 5.41) is 3.52. The Hall–Kier alpha value is -2.77. The average Bonchev–Trinajstić information content (AvgIpc) is 3.41. The van der Waals surface area contributed by atoms with Crippen LogP contribution in [0.15, 0.2) is 42.5 Å². The van der Waals surface area contributed by atoms with Gasteiger partial charge in [0.2, 0.25) is 6.79 Å². The van der Waals surface area contributed by atoms with Gasteiger partial charge in [0, 0.05) is 25.6 Å². The average molecular weight is 413 g/mol. The third kappa shape index (κ3) is 4.22. The Bertz CT molecular complexity index is 868. The van der Waals surface area contributed by atoms with Crippen LogP contribution in [0.2, 0.25) is 0 Å². The lowest BCUT2D eigenvalue weighted by molar-refractivity contribution is -0.148. The minimum absolute atomic E-state index is 0.0267. The van der Waals surface area contributed by atoms with E-state index in [2.05, 4.69) is 5.32 Å². The van der Waals surface area contributed by atoms with Gasteiger partial charge in [-0.3, -0.25) is 4.79 Å². The molecule has 0 amide bonds. The summed E-state index contributed by atoms with van der Waals surface area (Å²) >= 11 is 0. The molecular formula is C23H27NO6. The molecule has 0 unspecified atom stereocenters. The van der Waals surface area contributed by atoms with Crippen molar-refractivity contribution in [2.24, 2.45) is 5.92 Å². The monoisotopic (exact) mass is 413 g/mol. The number of hydrogen-bond donors (Lipinski definition) is 1. The van der Waals surface area contributed by atoms with Gasteiger partial charge in [-0.25, -0.2) is 0 Å². The molecule has 0 bridgehead atoms. The number of esters is 1. The molecule has 0 radical (unpaired) electrons. The molecule has 0 saturated carbocycles. The predicted octanol–water partition coefficient (Wildman–Crippen LogP) is 3.05. The summed E-state index contributed by atoms with van der Waals surface area (Å²) in [6.07, 6.45) is 0. The predicted molar refractivity (Wildman–Crippen MR) is 110 cm³/mol. The lowest BCUT2D eigenvalue weighted by Gasteiger charge is -2.23. The minimum atomic E-state index is -0.342. The first kappa shape index (κ1) is 20.5. The van der Waals surface area contributed by atoms with E-state index in [-0.39, 0.29) is 30.6 Å². The van der Waals surface area contributed by atoms with Crippen LogP contribution in [0.25, 0.3) is 0 Å². The molecule has 2 aromatic carbocycles. The molecule has 30 heavy (non-hydrogen) atoms. The summed E-state index contributed by atoms with van der Waals surface area (Å²) in [6, 6.07) is 13.6. The quantitative estimate of drug-likeness (QED) is 0.527. The van der Waals surface area contributed by atoms with Crippen LogP contribution in [-0.4, -0.2) is 46.2 Å². The highest BCUT2D eigenvalue weighted by Crippen LogP contribution is 2.43. The zero-order valence-corrected chi connectivity index (χ0v) is 17.3. The molecule has 160 valence electrons. The van der Waals surface area contributed by atoms with E-state index >= 15 is 0 Å². The van der Waals surface area contributed by atoms with E-state index in [4.69, 9.17) is 23.7 Å². The molecule has 3 atom stereocenters. The highest BCUT2D eigenvalue weighted by molar-refractivity contribution is 5.76. The molecule has 2 aliphatic heterocycles. The second kappa shape index (κ2) is 9.36. The van der Waals surface area contributed by atoms with Crippen molar-refractivity contribution in [1.82, 2.24) is 5.32 Å². The molecule has 7 nitrogen and oxygen atoms in total. The van der Waals surface area contributed by atoms with Crippen LogP contribution < -0.4 is 19.5 Å². The second-order valence-electron chi connectivity index (χ2n) is 7.29. The zero-order chi connectivity index (χ0) is 20.9. The largest absolute Gasteiger partial charge is 0.491 e. The summed E-state index contributed by atoms with van der Waals surface area (Å²) in [6.45, 7) is 4.10. The van der Waals surface area contributed by atoms with Crippen molar-refractivity contribution in [3.63, 3.8) is 0 Å². The van der Waals surface area contributed by atoms with Crippen LogP contribution in [0.3, 0.4) is 0 Å². The highest BCUT2D eigenvalue weighted by atomic mass is 16.7. The van der Waals surface area contributed by atoms with Crippen molar-refractivity contribution in [3.8, 4) is 17.2 Å². The SMILES string of the molecule is CCOC(=O)[C@H]1[C@@H](c2ccc3c(c2)OCO3)CN[C@H]1c1ccc(OCCOC)cc1. The third-order valence-corrected chi connectivity index (χ3v) is 5.53. The first-order valence-corrected chi connectivity index (χ1v) is 10.2. The first-order chi connectivity index (χ1) is 14.7. The van der Waals surface area contributed by atoms with Crippen molar-refractivity contribution < 1.29 is 28.5 Å². The number of benzene rings is 2. The number of ether oxygens (including phenoxy) is 5.